The summed E-state index contributed by atoms with van der Waals surface area (Å²) in [5.41, 5.74) is 2.05. The molecule has 0 radical (unpaired) electrons. The molecule has 30 heavy (non-hydrogen) atoms. The molecule has 2 aromatic heterocycles. The molecule has 0 aliphatic heterocycles. The lowest BCUT2D eigenvalue weighted by Crippen LogP contribution is -2.31. The average Bonchev–Trinajstić information content (AvgIpc) is 3.15. The van der Waals surface area contributed by atoms with Gasteiger partial charge in [0.2, 0.25) is 5.91 Å². The number of thioether (sulfide) groups is 1. The van der Waals surface area contributed by atoms with Gasteiger partial charge in [0.25, 0.3) is 0 Å². The third-order valence-electron chi connectivity index (χ3n) is 4.54. The Morgan fingerprint density at radius 1 is 1.17 bits per heavy atom. The second-order valence-electron chi connectivity index (χ2n) is 7.39. The van der Waals surface area contributed by atoms with E-state index in [4.69, 9.17) is 0 Å². The van der Waals surface area contributed by atoms with Crippen LogP contribution in [0.3, 0.4) is 0 Å². The van der Waals surface area contributed by atoms with Crippen LogP contribution < -0.4 is 5.32 Å². The smallest absolute Gasteiger partial charge is 0.230 e. The van der Waals surface area contributed by atoms with Gasteiger partial charge in [-0.3, -0.25) is 14.3 Å². The number of rotatable bonds is 10. The highest BCUT2D eigenvalue weighted by Crippen LogP contribution is 2.25. The number of hydrogen-bond donors (Lipinski definition) is 1. The molecule has 0 spiro atoms. The van der Waals surface area contributed by atoms with Gasteiger partial charge in [-0.1, -0.05) is 62.0 Å². The normalized spacial score (nSPS) is 12.0. The Hall–Kier alpha value is -2.93. The van der Waals surface area contributed by atoms with E-state index in [-0.39, 0.29) is 17.7 Å². The number of pyridine rings is 1. The zero-order valence-corrected chi connectivity index (χ0v) is 18.2. The van der Waals surface area contributed by atoms with Crippen molar-refractivity contribution in [1.82, 2.24) is 25.1 Å². The molecular formula is C23H27N5OS. The van der Waals surface area contributed by atoms with Crippen molar-refractivity contribution in [3.05, 3.63) is 73.1 Å². The lowest BCUT2D eigenvalue weighted by molar-refractivity contribution is -0.119. The lowest BCUT2D eigenvalue weighted by Gasteiger charge is -2.21. The van der Waals surface area contributed by atoms with Gasteiger partial charge in [0, 0.05) is 24.5 Å². The highest BCUT2D eigenvalue weighted by atomic mass is 32.2. The lowest BCUT2D eigenvalue weighted by atomic mass is 9.97. The standard InChI is InChI=1S/C23H27N5OS/c1-4-14-28-22(19-10-12-24-13-11-19)26-27-23(28)30-16-21(29)25-20(15-17(2)3)18-8-6-5-7-9-18/h4-13,17,20H,1,14-16H2,2-3H3,(H,25,29)/t20-/m1/s1. The summed E-state index contributed by atoms with van der Waals surface area (Å²) in [6, 6.07) is 13.9. The number of carbonyl (C=O) groups excluding carboxylic acids is 1. The molecule has 1 N–H and O–H groups in total. The van der Waals surface area contributed by atoms with Crippen molar-refractivity contribution < 1.29 is 4.79 Å². The first kappa shape index (κ1) is 21.8. The summed E-state index contributed by atoms with van der Waals surface area (Å²) in [6.45, 7) is 8.72. The maximum Gasteiger partial charge on any atom is 0.230 e. The Bertz CT molecular complexity index is 956. The highest BCUT2D eigenvalue weighted by molar-refractivity contribution is 7.99. The number of amides is 1. The van der Waals surface area contributed by atoms with Crippen molar-refractivity contribution in [3.8, 4) is 11.4 Å². The molecule has 0 unspecified atom stereocenters. The summed E-state index contributed by atoms with van der Waals surface area (Å²) in [6.07, 6.45) is 6.13. The zero-order valence-electron chi connectivity index (χ0n) is 17.4. The van der Waals surface area contributed by atoms with E-state index < -0.39 is 0 Å². The van der Waals surface area contributed by atoms with Gasteiger partial charge in [0.1, 0.15) is 0 Å². The fraction of sp³-hybridized carbons (Fsp3) is 0.304. The zero-order chi connectivity index (χ0) is 21.3. The van der Waals surface area contributed by atoms with Crippen LogP contribution in [-0.2, 0) is 11.3 Å². The number of nitrogens with one attached hydrogen (secondary N) is 1. The first-order chi connectivity index (χ1) is 14.6. The Morgan fingerprint density at radius 2 is 1.90 bits per heavy atom. The van der Waals surface area contributed by atoms with E-state index in [0.717, 1.165) is 23.4 Å². The van der Waals surface area contributed by atoms with E-state index in [1.807, 2.05) is 34.9 Å². The SMILES string of the molecule is C=CCn1c(SCC(=O)N[C@H](CC(C)C)c2ccccc2)nnc1-c1ccncc1. The Balaban J connectivity index is 1.69. The van der Waals surface area contributed by atoms with Gasteiger partial charge in [-0.05, 0) is 30.0 Å². The minimum Gasteiger partial charge on any atom is -0.349 e. The summed E-state index contributed by atoms with van der Waals surface area (Å²) in [5, 5.41) is 12.5. The van der Waals surface area contributed by atoms with Crippen LogP contribution in [0.1, 0.15) is 31.9 Å². The number of aromatic nitrogens is 4. The molecule has 6 nitrogen and oxygen atoms in total. The molecule has 0 aliphatic carbocycles. The van der Waals surface area contributed by atoms with Gasteiger partial charge in [0.05, 0.1) is 11.8 Å². The van der Waals surface area contributed by atoms with Crippen LogP contribution in [0.25, 0.3) is 11.4 Å². The summed E-state index contributed by atoms with van der Waals surface area (Å²) in [4.78, 5) is 16.8. The third-order valence-corrected chi connectivity index (χ3v) is 5.51. The monoisotopic (exact) mass is 421 g/mol. The van der Waals surface area contributed by atoms with Crippen molar-refractivity contribution in [1.29, 1.82) is 0 Å². The Morgan fingerprint density at radius 3 is 2.57 bits per heavy atom. The first-order valence-electron chi connectivity index (χ1n) is 10.00. The summed E-state index contributed by atoms with van der Waals surface area (Å²) in [7, 11) is 0. The highest BCUT2D eigenvalue weighted by Gasteiger charge is 2.18. The van der Waals surface area contributed by atoms with Crippen LogP contribution in [-0.4, -0.2) is 31.4 Å². The summed E-state index contributed by atoms with van der Waals surface area (Å²) < 4.78 is 1.96. The van der Waals surface area contributed by atoms with Gasteiger partial charge < -0.3 is 5.32 Å². The minimum atomic E-state index is -0.0203. The van der Waals surface area contributed by atoms with E-state index in [2.05, 4.69) is 53.1 Å². The van der Waals surface area contributed by atoms with E-state index in [9.17, 15) is 4.79 Å². The molecule has 0 aliphatic rings. The van der Waals surface area contributed by atoms with Crippen molar-refractivity contribution in [2.45, 2.75) is 38.0 Å². The maximum absolute atomic E-state index is 12.7. The fourth-order valence-corrected chi connectivity index (χ4v) is 3.96. The van der Waals surface area contributed by atoms with E-state index in [1.54, 1.807) is 18.5 Å². The molecular weight excluding hydrogens is 394 g/mol. The molecule has 7 heteroatoms. The van der Waals surface area contributed by atoms with Crippen LogP contribution in [0.15, 0.2) is 72.7 Å². The minimum absolute atomic E-state index is 0.00211. The van der Waals surface area contributed by atoms with Gasteiger partial charge in [-0.25, -0.2) is 0 Å². The molecule has 1 atom stereocenters. The molecule has 0 saturated carbocycles. The van der Waals surface area contributed by atoms with Crippen molar-refractivity contribution in [2.75, 3.05) is 5.75 Å². The van der Waals surface area contributed by atoms with E-state index in [1.165, 1.54) is 11.8 Å². The first-order valence-corrected chi connectivity index (χ1v) is 11.0. The van der Waals surface area contributed by atoms with Crippen LogP contribution in [0.4, 0.5) is 0 Å². The van der Waals surface area contributed by atoms with Crippen molar-refractivity contribution in [3.63, 3.8) is 0 Å². The summed E-state index contributed by atoms with van der Waals surface area (Å²) in [5.74, 6) is 1.46. The van der Waals surface area contributed by atoms with Crippen molar-refractivity contribution in [2.24, 2.45) is 5.92 Å². The molecule has 3 aromatic rings. The van der Waals surface area contributed by atoms with E-state index >= 15 is 0 Å². The largest absolute Gasteiger partial charge is 0.349 e. The molecule has 3 rings (SSSR count). The number of hydrogen-bond acceptors (Lipinski definition) is 5. The van der Waals surface area contributed by atoms with Crippen LogP contribution >= 0.6 is 11.8 Å². The molecule has 156 valence electrons. The second-order valence-corrected chi connectivity index (χ2v) is 8.33. The predicted molar refractivity (Wildman–Crippen MR) is 121 cm³/mol. The maximum atomic E-state index is 12.7. The molecule has 0 bridgehead atoms. The Kier molecular flexibility index (Phi) is 7.79. The number of nitrogens with zero attached hydrogens (tertiary/aromatic N) is 4. The molecule has 0 fully saturated rings. The average molecular weight is 422 g/mol. The van der Waals surface area contributed by atoms with Gasteiger partial charge in [0.15, 0.2) is 11.0 Å². The van der Waals surface area contributed by atoms with Gasteiger partial charge >= 0.3 is 0 Å². The predicted octanol–water partition coefficient (Wildman–Crippen LogP) is 4.52. The van der Waals surface area contributed by atoms with Crippen LogP contribution in [0, 0.1) is 5.92 Å². The third kappa shape index (κ3) is 5.79. The number of benzene rings is 1. The van der Waals surface area contributed by atoms with Gasteiger partial charge in [-0.2, -0.15) is 0 Å². The number of carbonyl (C=O) groups is 1. The van der Waals surface area contributed by atoms with E-state index in [0.29, 0.717) is 17.6 Å². The Labute approximate surface area is 181 Å². The summed E-state index contributed by atoms with van der Waals surface area (Å²) >= 11 is 1.38. The molecule has 1 amide bonds. The molecule has 0 saturated heterocycles. The van der Waals surface area contributed by atoms with Crippen LogP contribution in [0.2, 0.25) is 0 Å². The molecule has 1 aromatic carbocycles. The second kappa shape index (κ2) is 10.7. The van der Waals surface area contributed by atoms with Gasteiger partial charge in [-0.15, -0.1) is 16.8 Å². The fourth-order valence-electron chi connectivity index (χ4n) is 3.20. The molecule has 2 heterocycles. The topological polar surface area (TPSA) is 72.7 Å². The quantitative estimate of drug-likeness (QED) is 0.385. The number of allylic oxidation sites excluding steroid dienone is 1. The van der Waals surface area contributed by atoms with Crippen LogP contribution in [0.5, 0.6) is 0 Å². The van der Waals surface area contributed by atoms with Crippen molar-refractivity contribution >= 4 is 17.7 Å².